The van der Waals surface area contributed by atoms with Crippen LogP contribution in [-0.4, -0.2) is 72.5 Å². The molecule has 1 fully saturated rings. The van der Waals surface area contributed by atoms with Gasteiger partial charge in [-0.3, -0.25) is 23.7 Å². The van der Waals surface area contributed by atoms with Gasteiger partial charge in [0.1, 0.15) is 30.6 Å². The summed E-state index contributed by atoms with van der Waals surface area (Å²) in [6.07, 6.45) is -5.17. The van der Waals surface area contributed by atoms with Gasteiger partial charge in [0.25, 0.3) is 11.4 Å². The van der Waals surface area contributed by atoms with Crippen molar-refractivity contribution in [3.8, 4) is 5.75 Å². The Morgan fingerprint density at radius 3 is 2.69 bits per heavy atom. The monoisotopic (exact) mass is 570 g/mol. The van der Waals surface area contributed by atoms with Crippen LogP contribution in [0.1, 0.15) is 27.0 Å². The van der Waals surface area contributed by atoms with E-state index in [0.717, 1.165) is 10.9 Å². The van der Waals surface area contributed by atoms with Crippen molar-refractivity contribution in [2.75, 3.05) is 12.3 Å². The molecule has 1 aromatic carbocycles. The van der Waals surface area contributed by atoms with Crippen LogP contribution < -0.4 is 20.9 Å². The van der Waals surface area contributed by atoms with Gasteiger partial charge in [-0.2, -0.15) is 10.1 Å². The van der Waals surface area contributed by atoms with E-state index in [9.17, 15) is 24.4 Å². The average Bonchev–Trinajstić information content (AvgIpc) is 3.38. The molecule has 212 valence electrons. The Morgan fingerprint density at radius 2 is 2.03 bits per heavy atom. The van der Waals surface area contributed by atoms with Crippen molar-refractivity contribution >= 4 is 30.8 Å². The number of rotatable bonds is 10. The van der Waals surface area contributed by atoms with Crippen LogP contribution in [0.4, 0.5) is 10.3 Å². The maximum atomic E-state index is 15.9. The average molecular weight is 570 g/mol. The van der Waals surface area contributed by atoms with Crippen LogP contribution in [0, 0.1) is 0 Å². The van der Waals surface area contributed by atoms with Gasteiger partial charge < -0.3 is 29.9 Å². The molecule has 0 spiro atoms. The normalized spacial score (nSPS) is 25.5. The third kappa shape index (κ3) is 6.11. The molecular weight excluding hydrogens is 542 g/mol. The van der Waals surface area contributed by atoms with E-state index in [1.807, 2.05) is 0 Å². The van der Waals surface area contributed by atoms with E-state index in [1.54, 1.807) is 32.0 Å². The molecule has 3 aromatic rings. The molecule has 0 amide bonds. The number of fused-ring (bicyclic) bond motifs is 1. The number of esters is 1. The van der Waals surface area contributed by atoms with Crippen LogP contribution in [-0.2, 0) is 23.4 Å². The van der Waals surface area contributed by atoms with E-state index in [4.69, 9.17) is 24.3 Å². The lowest BCUT2D eigenvalue weighted by atomic mass is 10.1. The lowest BCUT2D eigenvalue weighted by molar-refractivity contribution is -0.202. The van der Waals surface area contributed by atoms with Crippen molar-refractivity contribution in [2.45, 2.75) is 57.2 Å². The van der Waals surface area contributed by atoms with Crippen molar-refractivity contribution in [1.29, 1.82) is 0 Å². The minimum absolute atomic E-state index is 0.0650. The Hall–Kier alpha value is -3.40. The molecule has 3 heterocycles. The van der Waals surface area contributed by atoms with Gasteiger partial charge in [-0.1, -0.05) is 18.2 Å². The Morgan fingerprint density at radius 1 is 1.33 bits per heavy atom. The number of hydrogen-bond donors (Lipinski definition) is 5. The second kappa shape index (κ2) is 11.0. The van der Waals surface area contributed by atoms with Crippen LogP contribution in [0.2, 0.25) is 0 Å². The van der Waals surface area contributed by atoms with E-state index in [0.29, 0.717) is 0 Å². The highest BCUT2D eigenvalue weighted by atomic mass is 31.2. The zero-order valence-corrected chi connectivity index (χ0v) is 21.9. The second-order valence-electron chi connectivity index (χ2n) is 9.02. The third-order valence-corrected chi connectivity index (χ3v) is 7.18. The van der Waals surface area contributed by atoms with Gasteiger partial charge in [-0.15, -0.1) is 0 Å². The molecule has 17 heteroatoms. The molecule has 1 aliphatic heterocycles. The first-order valence-corrected chi connectivity index (χ1v) is 13.3. The van der Waals surface area contributed by atoms with Gasteiger partial charge in [-0.05, 0) is 32.9 Å². The first kappa shape index (κ1) is 28.6. The summed E-state index contributed by atoms with van der Waals surface area (Å²) < 4.78 is 51.7. The van der Waals surface area contributed by atoms with Crippen LogP contribution >= 0.6 is 7.75 Å². The van der Waals surface area contributed by atoms with Crippen LogP contribution in [0.25, 0.3) is 11.2 Å². The number of hydrogen-bond acceptors (Lipinski definition) is 12. The number of carbonyl (C=O) groups is 1. The molecule has 1 aliphatic rings. The number of halogens is 1. The van der Waals surface area contributed by atoms with Crippen molar-refractivity contribution in [2.24, 2.45) is 0 Å². The highest BCUT2D eigenvalue weighted by molar-refractivity contribution is 7.52. The molecule has 2 aromatic heterocycles. The Balaban J connectivity index is 1.57. The van der Waals surface area contributed by atoms with Gasteiger partial charge in [-0.25, -0.2) is 13.9 Å². The van der Waals surface area contributed by atoms with Gasteiger partial charge in [0.05, 0.1) is 12.4 Å². The van der Waals surface area contributed by atoms with Crippen LogP contribution in [0.3, 0.4) is 0 Å². The first-order valence-electron chi connectivity index (χ1n) is 11.7. The fourth-order valence-corrected chi connectivity index (χ4v) is 5.23. The van der Waals surface area contributed by atoms with Gasteiger partial charge in [0.2, 0.25) is 5.95 Å². The van der Waals surface area contributed by atoms with E-state index in [-0.39, 0.29) is 22.9 Å². The lowest BCUT2D eigenvalue weighted by Gasteiger charge is -2.27. The number of aliphatic hydroxyl groups is 2. The maximum Gasteiger partial charge on any atom is 0.459 e. The minimum atomic E-state index is -4.53. The summed E-state index contributed by atoms with van der Waals surface area (Å²) in [5.41, 5.74) is 4.57. The number of imidazole rings is 1. The number of H-pyrrole nitrogens is 1. The highest BCUT2D eigenvalue weighted by Gasteiger charge is 2.57. The highest BCUT2D eigenvalue weighted by Crippen LogP contribution is 2.48. The molecule has 4 rings (SSSR count). The minimum Gasteiger partial charge on any atom is -0.462 e. The van der Waals surface area contributed by atoms with Crippen molar-refractivity contribution in [3.63, 3.8) is 0 Å². The number of ether oxygens (including phenoxy) is 2. The SMILES string of the molecule is CC(C)OC(=O)[C@@H](C)N[P@@](=O)(OC[C@@]1(F)OC(n2cnc3c(=O)[nH]c(N)nc32)[C@H](O)[C@@H]1O)Oc1ccccc1. The smallest absolute Gasteiger partial charge is 0.459 e. The number of nitrogens with one attached hydrogen (secondary N) is 2. The molecular formula is C22H28FN6O9P. The number of aromatic amines is 1. The Labute approximate surface area is 220 Å². The maximum absolute atomic E-state index is 15.9. The molecule has 6 N–H and O–H groups in total. The molecule has 0 aliphatic carbocycles. The number of alkyl halides is 1. The molecule has 39 heavy (non-hydrogen) atoms. The number of anilines is 1. The molecule has 6 atom stereocenters. The van der Waals surface area contributed by atoms with Crippen molar-refractivity contribution in [3.05, 3.63) is 47.0 Å². The number of carbonyl (C=O) groups excluding carboxylic acids is 1. The van der Waals surface area contributed by atoms with E-state index < -0.39 is 62.3 Å². The fourth-order valence-electron chi connectivity index (χ4n) is 3.73. The topological polar surface area (TPSA) is 213 Å². The first-order chi connectivity index (χ1) is 18.3. The van der Waals surface area contributed by atoms with Crippen molar-refractivity contribution < 1.29 is 42.5 Å². The zero-order chi connectivity index (χ0) is 28.5. The number of aliphatic hydroxyl groups excluding tert-OH is 2. The third-order valence-electron chi connectivity index (χ3n) is 5.56. The van der Waals surface area contributed by atoms with Crippen molar-refractivity contribution in [1.82, 2.24) is 24.6 Å². The predicted octanol–water partition coefficient (Wildman–Crippen LogP) is 0.752. The largest absolute Gasteiger partial charge is 0.462 e. The molecule has 1 saturated heterocycles. The molecule has 0 radical (unpaired) electrons. The summed E-state index contributed by atoms with van der Waals surface area (Å²) in [7, 11) is -4.53. The molecule has 15 nitrogen and oxygen atoms in total. The second-order valence-corrected chi connectivity index (χ2v) is 10.7. The van der Waals surface area contributed by atoms with Gasteiger partial charge >= 0.3 is 13.7 Å². The summed E-state index contributed by atoms with van der Waals surface area (Å²) in [6, 6.07) is 6.53. The molecule has 1 unspecified atom stereocenters. The lowest BCUT2D eigenvalue weighted by Crippen LogP contribution is -2.44. The quantitative estimate of drug-likeness (QED) is 0.168. The standard InChI is InChI=1S/C22H28FN6O9P/c1-11(2)36-20(33)12(3)28-39(34,38-13-7-5-4-6-8-13)35-9-22(23)16(31)15(30)19(37-22)29-10-25-14-17(29)26-21(24)27-18(14)32/h4-8,10-12,15-16,19,30-31H,9H2,1-3H3,(H,28,34)(H3,24,26,27,32)/t12-,15-,16+,19?,22-,39-/m1/s1. The number of aromatic nitrogens is 4. The van der Waals surface area contributed by atoms with E-state index >= 15 is 4.39 Å². The number of nitrogen functional groups attached to an aromatic ring is 1. The Kier molecular flexibility index (Phi) is 8.07. The van der Waals surface area contributed by atoms with E-state index in [2.05, 4.69) is 20.0 Å². The number of benzene rings is 1. The Bertz CT molecular complexity index is 1440. The summed E-state index contributed by atoms with van der Waals surface area (Å²) in [4.78, 5) is 34.4. The van der Waals surface area contributed by atoms with Gasteiger partial charge in [0, 0.05) is 0 Å². The van der Waals surface area contributed by atoms with Crippen LogP contribution in [0.5, 0.6) is 5.75 Å². The van der Waals surface area contributed by atoms with Crippen LogP contribution in [0.15, 0.2) is 41.5 Å². The summed E-state index contributed by atoms with van der Waals surface area (Å²) in [6.45, 7) is 3.37. The van der Waals surface area contributed by atoms with Gasteiger partial charge in [0.15, 0.2) is 17.4 Å². The molecule has 0 bridgehead atoms. The van der Waals surface area contributed by atoms with E-state index in [1.165, 1.54) is 19.1 Å². The number of para-hydroxylation sites is 1. The fraction of sp³-hybridized carbons (Fsp3) is 0.455. The number of nitrogens with two attached hydrogens (primary N) is 1. The predicted molar refractivity (Wildman–Crippen MR) is 133 cm³/mol. The zero-order valence-electron chi connectivity index (χ0n) is 21.1. The molecule has 0 saturated carbocycles. The summed E-state index contributed by atoms with van der Waals surface area (Å²) in [5.74, 6) is -4.11. The number of nitrogens with zero attached hydrogens (tertiary/aromatic N) is 3. The summed E-state index contributed by atoms with van der Waals surface area (Å²) >= 11 is 0. The summed E-state index contributed by atoms with van der Waals surface area (Å²) in [5, 5.41) is 23.5.